The number of piperidine rings is 1. The number of nitrogens with one attached hydrogen (secondary N) is 1. The van der Waals surface area contributed by atoms with Gasteiger partial charge < -0.3 is 19.4 Å². The number of H-pyrrole nitrogens is 1. The van der Waals surface area contributed by atoms with Crippen molar-refractivity contribution < 1.29 is 18.7 Å². The minimum absolute atomic E-state index is 0.0840. The van der Waals surface area contributed by atoms with Gasteiger partial charge in [0.1, 0.15) is 12.1 Å². The van der Waals surface area contributed by atoms with E-state index in [9.17, 15) is 9.18 Å². The van der Waals surface area contributed by atoms with Gasteiger partial charge in [-0.25, -0.2) is 9.18 Å². The Morgan fingerprint density at radius 3 is 2.88 bits per heavy atom. The second-order valence-electron chi connectivity index (χ2n) is 6.02. The van der Waals surface area contributed by atoms with Crippen LogP contribution < -0.4 is 4.90 Å². The molecule has 1 aromatic carbocycles. The molecule has 0 radical (unpaired) electrons. The van der Waals surface area contributed by atoms with E-state index in [0.717, 1.165) is 35.6 Å². The molecule has 6 nitrogen and oxygen atoms in total. The normalized spacial score (nSPS) is 16.0. The molecule has 24 heavy (non-hydrogen) atoms. The molecule has 0 atom stereocenters. The second kappa shape index (κ2) is 5.67. The molecule has 2 N–H and O–H groups in total. The molecule has 2 aromatic heterocycles. The molecule has 0 bridgehead atoms. The van der Waals surface area contributed by atoms with Crippen LogP contribution in [0.15, 0.2) is 35.1 Å². The number of carbonyl (C=O) groups is 1. The van der Waals surface area contributed by atoms with Gasteiger partial charge in [0.15, 0.2) is 5.69 Å². The lowest BCUT2D eigenvalue weighted by atomic mass is 9.89. The summed E-state index contributed by atoms with van der Waals surface area (Å²) in [7, 11) is 0. The lowest BCUT2D eigenvalue weighted by Gasteiger charge is -2.30. The topological polar surface area (TPSA) is 82.4 Å². The summed E-state index contributed by atoms with van der Waals surface area (Å²) in [5.74, 6) is -1.01. The summed E-state index contributed by atoms with van der Waals surface area (Å²) in [4.78, 5) is 20.0. The molecule has 0 spiro atoms. The fourth-order valence-corrected chi connectivity index (χ4v) is 3.34. The third kappa shape index (κ3) is 2.51. The number of hydrogen-bond donors (Lipinski definition) is 2. The van der Waals surface area contributed by atoms with Gasteiger partial charge in [-0.3, -0.25) is 0 Å². The predicted molar refractivity (Wildman–Crippen MR) is 85.9 cm³/mol. The third-order valence-corrected chi connectivity index (χ3v) is 4.59. The maximum atomic E-state index is 13.5. The summed E-state index contributed by atoms with van der Waals surface area (Å²) in [6.07, 6.45) is 4.85. The number of nitrogens with zero attached hydrogens (tertiary/aromatic N) is 2. The second-order valence-corrected chi connectivity index (χ2v) is 6.02. The minimum atomic E-state index is -1.10. The quantitative estimate of drug-likeness (QED) is 0.770. The van der Waals surface area contributed by atoms with E-state index in [4.69, 9.17) is 9.52 Å². The number of rotatable bonds is 3. The van der Waals surface area contributed by atoms with Crippen molar-refractivity contribution in [3.63, 3.8) is 0 Å². The van der Waals surface area contributed by atoms with Gasteiger partial charge in [0, 0.05) is 30.2 Å². The maximum Gasteiger partial charge on any atom is 0.357 e. The Morgan fingerprint density at radius 2 is 2.17 bits per heavy atom. The monoisotopic (exact) mass is 329 g/mol. The molecule has 3 heterocycles. The van der Waals surface area contributed by atoms with E-state index in [1.165, 1.54) is 6.07 Å². The van der Waals surface area contributed by atoms with E-state index in [1.54, 1.807) is 12.1 Å². The van der Waals surface area contributed by atoms with Gasteiger partial charge in [-0.05, 0) is 42.5 Å². The molecule has 124 valence electrons. The zero-order valence-corrected chi connectivity index (χ0v) is 12.8. The summed E-state index contributed by atoms with van der Waals surface area (Å²) in [6, 6.07) is 5.12. The highest BCUT2D eigenvalue weighted by atomic mass is 19.1. The highest BCUT2D eigenvalue weighted by molar-refractivity contribution is 5.85. The molecule has 1 aliphatic heterocycles. The Bertz CT molecular complexity index is 894. The number of anilines is 1. The van der Waals surface area contributed by atoms with Crippen LogP contribution >= 0.6 is 0 Å². The number of aromatic nitrogens is 2. The van der Waals surface area contributed by atoms with Crippen LogP contribution in [0.5, 0.6) is 0 Å². The summed E-state index contributed by atoms with van der Waals surface area (Å²) in [5.41, 5.74) is 1.98. The summed E-state index contributed by atoms with van der Waals surface area (Å²) >= 11 is 0. The summed E-state index contributed by atoms with van der Waals surface area (Å²) in [6.45, 7) is 1.43. The Kier molecular flexibility index (Phi) is 3.48. The van der Waals surface area contributed by atoms with E-state index in [0.29, 0.717) is 25.0 Å². The number of carboxylic acid groups (broad SMARTS) is 1. The Morgan fingerprint density at radius 1 is 1.38 bits per heavy atom. The van der Waals surface area contributed by atoms with Crippen molar-refractivity contribution in [2.24, 2.45) is 0 Å². The number of halogens is 1. The predicted octanol–water partition coefficient (Wildman–Crippen LogP) is 3.38. The molecule has 1 aliphatic rings. The van der Waals surface area contributed by atoms with Gasteiger partial charge in [0.25, 0.3) is 6.01 Å². The zero-order valence-electron chi connectivity index (χ0n) is 12.8. The van der Waals surface area contributed by atoms with Gasteiger partial charge in [-0.15, -0.1) is 0 Å². The fourth-order valence-electron chi connectivity index (χ4n) is 3.34. The standard InChI is InChI=1S/C17H16FN3O3/c18-11-1-2-14-12(7-11)13(8-19-14)10-3-5-21(6-4-10)17-20-15(9-24-17)16(22)23/h1-2,7-10,19H,3-6H2,(H,22,23). The van der Waals surface area contributed by atoms with Crippen molar-refractivity contribution in [3.8, 4) is 0 Å². The number of fused-ring (bicyclic) bond motifs is 1. The first kappa shape index (κ1) is 14.7. The van der Waals surface area contributed by atoms with Gasteiger partial charge in [-0.1, -0.05) is 0 Å². The van der Waals surface area contributed by atoms with Gasteiger partial charge in [0.2, 0.25) is 0 Å². The maximum absolute atomic E-state index is 13.5. The van der Waals surface area contributed by atoms with Crippen molar-refractivity contribution in [1.82, 2.24) is 9.97 Å². The fraction of sp³-hybridized carbons (Fsp3) is 0.294. The van der Waals surface area contributed by atoms with Crippen molar-refractivity contribution >= 4 is 22.9 Å². The van der Waals surface area contributed by atoms with E-state index in [1.807, 2.05) is 11.1 Å². The van der Waals surface area contributed by atoms with Crippen LogP contribution in [-0.2, 0) is 0 Å². The molecule has 4 rings (SSSR count). The number of carboxylic acids is 1. The number of benzene rings is 1. The van der Waals surface area contributed by atoms with Crippen LogP contribution in [-0.4, -0.2) is 34.1 Å². The molecule has 1 fully saturated rings. The van der Waals surface area contributed by atoms with Crippen LogP contribution in [0.3, 0.4) is 0 Å². The zero-order chi connectivity index (χ0) is 16.7. The minimum Gasteiger partial charge on any atom is -0.476 e. The van der Waals surface area contributed by atoms with Crippen molar-refractivity contribution in [2.45, 2.75) is 18.8 Å². The number of aromatic carboxylic acids is 1. The Balaban J connectivity index is 1.50. The SMILES string of the molecule is O=C(O)c1coc(N2CCC(c3c[nH]c4ccc(F)cc34)CC2)n1. The van der Waals surface area contributed by atoms with Crippen LogP contribution in [0.25, 0.3) is 10.9 Å². The van der Waals surface area contributed by atoms with Gasteiger partial charge in [-0.2, -0.15) is 4.98 Å². The molecule has 3 aromatic rings. The summed E-state index contributed by atoms with van der Waals surface area (Å²) < 4.78 is 18.8. The highest BCUT2D eigenvalue weighted by Crippen LogP contribution is 2.34. The average Bonchev–Trinajstić information content (AvgIpc) is 3.22. The molecule has 7 heteroatoms. The van der Waals surface area contributed by atoms with Gasteiger partial charge >= 0.3 is 5.97 Å². The average molecular weight is 329 g/mol. The van der Waals surface area contributed by atoms with Crippen molar-refractivity contribution in [2.75, 3.05) is 18.0 Å². The van der Waals surface area contributed by atoms with Crippen molar-refractivity contribution in [1.29, 1.82) is 0 Å². The number of aromatic amines is 1. The Labute approximate surface area is 136 Å². The van der Waals surface area contributed by atoms with Crippen LogP contribution in [0.1, 0.15) is 34.8 Å². The summed E-state index contributed by atoms with van der Waals surface area (Å²) in [5, 5.41) is 9.84. The first-order valence-electron chi connectivity index (χ1n) is 7.82. The molecular weight excluding hydrogens is 313 g/mol. The largest absolute Gasteiger partial charge is 0.476 e. The first-order chi connectivity index (χ1) is 11.6. The van der Waals surface area contributed by atoms with Gasteiger partial charge in [0.05, 0.1) is 0 Å². The van der Waals surface area contributed by atoms with E-state index in [2.05, 4.69) is 9.97 Å². The van der Waals surface area contributed by atoms with E-state index in [-0.39, 0.29) is 11.5 Å². The number of oxazole rings is 1. The van der Waals surface area contributed by atoms with Crippen LogP contribution in [0.2, 0.25) is 0 Å². The molecular formula is C17H16FN3O3. The molecule has 0 amide bonds. The van der Waals surface area contributed by atoms with Crippen LogP contribution in [0, 0.1) is 5.82 Å². The van der Waals surface area contributed by atoms with Crippen LogP contribution in [0.4, 0.5) is 10.4 Å². The first-order valence-corrected chi connectivity index (χ1v) is 7.82. The number of hydrogen-bond acceptors (Lipinski definition) is 4. The smallest absolute Gasteiger partial charge is 0.357 e. The Hall–Kier alpha value is -2.83. The van der Waals surface area contributed by atoms with E-state index >= 15 is 0 Å². The molecule has 0 saturated carbocycles. The highest BCUT2D eigenvalue weighted by Gasteiger charge is 2.25. The third-order valence-electron chi connectivity index (χ3n) is 4.59. The lowest BCUT2D eigenvalue weighted by Crippen LogP contribution is -2.33. The van der Waals surface area contributed by atoms with E-state index < -0.39 is 5.97 Å². The lowest BCUT2D eigenvalue weighted by molar-refractivity contribution is 0.0690. The molecule has 1 saturated heterocycles. The molecule has 0 aliphatic carbocycles. The molecule has 0 unspecified atom stereocenters. The van der Waals surface area contributed by atoms with Crippen molar-refractivity contribution in [3.05, 3.63) is 47.7 Å².